The summed E-state index contributed by atoms with van der Waals surface area (Å²) in [4.78, 5) is 2.08. The average Bonchev–Trinajstić information content (AvgIpc) is 2.63. The molecule has 3 rings (SSSR count). The second-order valence-corrected chi connectivity index (χ2v) is 5.96. The Kier molecular flexibility index (Phi) is 4.83. The van der Waals surface area contributed by atoms with Crippen LogP contribution in [0.1, 0.15) is 24.0 Å². The van der Waals surface area contributed by atoms with Crippen molar-refractivity contribution in [3.63, 3.8) is 0 Å². The molecule has 1 aliphatic heterocycles. The number of halogens is 1. The zero-order chi connectivity index (χ0) is 17.8. The van der Waals surface area contributed by atoms with Gasteiger partial charge in [0.05, 0.1) is 23.0 Å². The Bertz CT molecular complexity index is 861. The number of nitriles is 2. The summed E-state index contributed by atoms with van der Waals surface area (Å²) in [5, 5.41) is 31.2. The van der Waals surface area contributed by atoms with Crippen LogP contribution in [-0.2, 0) is 0 Å². The van der Waals surface area contributed by atoms with Gasteiger partial charge in [-0.3, -0.25) is 0 Å². The maximum absolute atomic E-state index is 13.7. The van der Waals surface area contributed by atoms with E-state index in [1.54, 1.807) is 18.2 Å². The first-order chi connectivity index (χ1) is 12.1. The summed E-state index contributed by atoms with van der Waals surface area (Å²) in [6, 6.07) is 13.7. The van der Waals surface area contributed by atoms with Gasteiger partial charge in [0.1, 0.15) is 23.5 Å². The third-order valence-electron chi connectivity index (χ3n) is 4.33. The van der Waals surface area contributed by atoms with Crippen LogP contribution in [0.15, 0.2) is 36.4 Å². The minimum atomic E-state index is -0.587. The molecule has 1 heterocycles. The van der Waals surface area contributed by atoms with E-state index in [9.17, 15) is 14.8 Å². The smallest absolute Gasteiger partial charge is 0.143 e. The summed E-state index contributed by atoms with van der Waals surface area (Å²) in [7, 11) is 0. The highest BCUT2D eigenvalue weighted by Crippen LogP contribution is 2.29. The molecule has 2 N–H and O–H groups in total. The molecule has 0 radical (unpaired) electrons. The van der Waals surface area contributed by atoms with Crippen LogP contribution in [0.3, 0.4) is 0 Å². The normalized spacial score (nSPS) is 14.6. The number of benzene rings is 2. The van der Waals surface area contributed by atoms with E-state index in [2.05, 4.69) is 16.3 Å². The Balaban J connectivity index is 1.87. The largest absolute Gasteiger partial charge is 0.393 e. The zero-order valence-electron chi connectivity index (χ0n) is 13.5. The predicted molar refractivity (Wildman–Crippen MR) is 93.0 cm³/mol. The molecule has 0 unspecified atom stereocenters. The molecule has 1 aliphatic rings. The van der Waals surface area contributed by atoms with Gasteiger partial charge in [0.2, 0.25) is 0 Å². The van der Waals surface area contributed by atoms with Crippen LogP contribution in [-0.4, -0.2) is 24.3 Å². The lowest BCUT2D eigenvalue weighted by Gasteiger charge is -2.32. The molecule has 5 nitrogen and oxygen atoms in total. The van der Waals surface area contributed by atoms with Crippen molar-refractivity contribution in [2.75, 3.05) is 23.3 Å². The van der Waals surface area contributed by atoms with Crippen LogP contribution in [0.25, 0.3) is 0 Å². The van der Waals surface area contributed by atoms with Crippen molar-refractivity contribution in [1.29, 1.82) is 10.5 Å². The molecule has 1 fully saturated rings. The lowest BCUT2D eigenvalue weighted by atomic mass is 10.0. The van der Waals surface area contributed by atoms with Crippen molar-refractivity contribution in [2.45, 2.75) is 18.9 Å². The van der Waals surface area contributed by atoms with Gasteiger partial charge in [-0.25, -0.2) is 4.39 Å². The van der Waals surface area contributed by atoms with E-state index in [0.717, 1.165) is 5.69 Å². The first-order valence-corrected chi connectivity index (χ1v) is 8.05. The maximum atomic E-state index is 13.7. The van der Waals surface area contributed by atoms with E-state index in [1.165, 1.54) is 12.1 Å². The quantitative estimate of drug-likeness (QED) is 0.899. The zero-order valence-corrected chi connectivity index (χ0v) is 13.5. The first-order valence-electron chi connectivity index (χ1n) is 8.05. The minimum Gasteiger partial charge on any atom is -0.393 e. The van der Waals surface area contributed by atoms with Gasteiger partial charge in [-0.2, -0.15) is 10.5 Å². The summed E-state index contributed by atoms with van der Waals surface area (Å²) >= 11 is 0. The number of aliphatic hydroxyl groups excluding tert-OH is 1. The van der Waals surface area contributed by atoms with E-state index in [-0.39, 0.29) is 11.7 Å². The summed E-state index contributed by atoms with van der Waals surface area (Å²) in [5.41, 5.74) is 2.23. The SMILES string of the molecule is N#Cc1cc(Nc2cccc(F)c2C#N)ccc1N1CCC(O)CC1. The Morgan fingerprint density at radius 2 is 1.88 bits per heavy atom. The second-order valence-electron chi connectivity index (χ2n) is 5.96. The number of rotatable bonds is 3. The Labute approximate surface area is 145 Å². The first kappa shape index (κ1) is 16.8. The standard InChI is InChI=1S/C19H17FN4O/c20-17-2-1-3-18(16(17)12-22)23-14-4-5-19(13(10-14)11-21)24-8-6-15(25)7-9-24/h1-5,10,15,23,25H,6-9H2. The molecule has 25 heavy (non-hydrogen) atoms. The van der Waals surface area contributed by atoms with Gasteiger partial charge in [0.15, 0.2) is 0 Å². The summed E-state index contributed by atoms with van der Waals surface area (Å²) < 4.78 is 13.7. The molecule has 0 spiro atoms. The Morgan fingerprint density at radius 3 is 2.56 bits per heavy atom. The highest BCUT2D eigenvalue weighted by molar-refractivity contribution is 5.71. The van der Waals surface area contributed by atoms with Crippen molar-refractivity contribution < 1.29 is 9.50 Å². The highest BCUT2D eigenvalue weighted by atomic mass is 19.1. The molecule has 0 atom stereocenters. The molecule has 0 aromatic heterocycles. The Morgan fingerprint density at radius 1 is 1.12 bits per heavy atom. The number of nitrogens with zero attached hydrogens (tertiary/aromatic N) is 3. The predicted octanol–water partition coefficient (Wildman–Crippen LogP) is 3.27. The average molecular weight is 336 g/mol. The molecule has 1 saturated heterocycles. The molecule has 6 heteroatoms. The van der Waals surface area contributed by atoms with Gasteiger partial charge in [-0.05, 0) is 43.2 Å². The van der Waals surface area contributed by atoms with Gasteiger partial charge < -0.3 is 15.3 Å². The number of hydrogen-bond acceptors (Lipinski definition) is 5. The topological polar surface area (TPSA) is 83.1 Å². The molecule has 126 valence electrons. The van der Waals surface area contributed by atoms with Gasteiger partial charge in [0, 0.05) is 18.8 Å². The molecule has 0 aliphatic carbocycles. The van der Waals surface area contributed by atoms with E-state index < -0.39 is 5.82 Å². The molecule has 2 aromatic rings. The fourth-order valence-corrected chi connectivity index (χ4v) is 2.98. The number of hydrogen-bond donors (Lipinski definition) is 2. The van der Waals surface area contributed by atoms with Gasteiger partial charge in [0.25, 0.3) is 0 Å². The maximum Gasteiger partial charge on any atom is 0.143 e. The molecular weight excluding hydrogens is 319 g/mol. The molecule has 0 bridgehead atoms. The van der Waals surface area contributed by atoms with Crippen molar-refractivity contribution in [2.24, 2.45) is 0 Å². The summed E-state index contributed by atoms with van der Waals surface area (Å²) in [5.74, 6) is -0.587. The van der Waals surface area contributed by atoms with E-state index in [1.807, 2.05) is 12.1 Å². The van der Waals surface area contributed by atoms with Gasteiger partial charge in [-0.1, -0.05) is 6.07 Å². The summed E-state index contributed by atoms with van der Waals surface area (Å²) in [6.45, 7) is 1.40. The second kappa shape index (κ2) is 7.21. The van der Waals surface area contributed by atoms with Crippen LogP contribution in [0.5, 0.6) is 0 Å². The fourth-order valence-electron chi connectivity index (χ4n) is 2.98. The lowest BCUT2D eigenvalue weighted by Crippen LogP contribution is -2.36. The molecule has 0 amide bonds. The number of anilines is 3. The molecule has 2 aromatic carbocycles. The van der Waals surface area contributed by atoms with E-state index in [4.69, 9.17) is 5.26 Å². The van der Waals surface area contributed by atoms with Crippen LogP contribution >= 0.6 is 0 Å². The fraction of sp³-hybridized carbons (Fsp3) is 0.263. The monoisotopic (exact) mass is 336 g/mol. The van der Waals surface area contributed by atoms with Crippen LogP contribution in [0.4, 0.5) is 21.5 Å². The van der Waals surface area contributed by atoms with E-state index in [0.29, 0.717) is 42.9 Å². The Hall–Kier alpha value is -3.09. The number of nitrogens with one attached hydrogen (secondary N) is 1. The van der Waals surface area contributed by atoms with Gasteiger partial charge in [-0.15, -0.1) is 0 Å². The summed E-state index contributed by atoms with van der Waals surface area (Å²) in [6.07, 6.45) is 1.08. The van der Waals surface area contributed by atoms with Crippen LogP contribution in [0.2, 0.25) is 0 Å². The molecule has 0 saturated carbocycles. The number of aliphatic hydroxyl groups is 1. The lowest BCUT2D eigenvalue weighted by molar-refractivity contribution is 0.145. The molecular formula is C19H17FN4O. The number of piperidine rings is 1. The third-order valence-corrected chi connectivity index (χ3v) is 4.33. The van der Waals surface area contributed by atoms with Crippen molar-refractivity contribution in [1.82, 2.24) is 0 Å². The van der Waals surface area contributed by atoms with E-state index >= 15 is 0 Å². The van der Waals surface area contributed by atoms with Crippen molar-refractivity contribution >= 4 is 17.1 Å². The van der Waals surface area contributed by atoms with Crippen molar-refractivity contribution in [3.8, 4) is 12.1 Å². The highest BCUT2D eigenvalue weighted by Gasteiger charge is 2.19. The van der Waals surface area contributed by atoms with Crippen LogP contribution < -0.4 is 10.2 Å². The van der Waals surface area contributed by atoms with Crippen molar-refractivity contribution in [3.05, 3.63) is 53.3 Å². The van der Waals surface area contributed by atoms with Crippen LogP contribution in [0, 0.1) is 28.5 Å². The van der Waals surface area contributed by atoms with Gasteiger partial charge >= 0.3 is 0 Å². The minimum absolute atomic E-state index is 0.0601. The third kappa shape index (κ3) is 3.55.